The Labute approximate surface area is 162 Å². The first-order chi connectivity index (χ1) is 13.3. The lowest BCUT2D eigenvalue weighted by Gasteiger charge is -2.31. The number of benzene rings is 2. The molecule has 28 heavy (non-hydrogen) atoms. The molecule has 0 aliphatic carbocycles. The molecule has 0 saturated carbocycles. The van der Waals surface area contributed by atoms with Crippen molar-refractivity contribution in [1.82, 2.24) is 10.2 Å². The molecule has 1 unspecified atom stereocenters. The number of rotatable bonds is 5. The Bertz CT molecular complexity index is 783. The molecule has 0 aromatic heterocycles. The third kappa shape index (κ3) is 5.33. The Kier molecular flexibility index (Phi) is 6.36. The van der Waals surface area contributed by atoms with Gasteiger partial charge in [-0.2, -0.15) is 13.2 Å². The lowest BCUT2D eigenvalue weighted by Crippen LogP contribution is -2.43. The first kappa shape index (κ1) is 20.4. The number of nitrogens with zero attached hydrogens (tertiary/aromatic N) is 1. The fourth-order valence-electron chi connectivity index (χ4n) is 3.13. The van der Waals surface area contributed by atoms with Gasteiger partial charge < -0.3 is 10.1 Å². The number of amides is 1. The number of nitrogens with one attached hydrogen (secondary N) is 1. The molecule has 7 heteroatoms. The molecular formula is C21H23F3N2O2. The van der Waals surface area contributed by atoms with Crippen molar-refractivity contribution in [3.05, 3.63) is 70.8 Å². The molecule has 150 valence electrons. The maximum absolute atomic E-state index is 12.7. The molecule has 3 rings (SSSR count). The van der Waals surface area contributed by atoms with Gasteiger partial charge in [-0.3, -0.25) is 9.69 Å². The predicted octanol–water partition coefficient (Wildman–Crippen LogP) is 3.82. The summed E-state index contributed by atoms with van der Waals surface area (Å²) in [5.41, 5.74) is 1.50. The molecule has 1 amide bonds. The maximum Gasteiger partial charge on any atom is 0.416 e. The smallest absolute Gasteiger partial charge is 0.379 e. The average Bonchev–Trinajstić information content (AvgIpc) is 2.68. The van der Waals surface area contributed by atoms with Crippen LogP contribution in [0.5, 0.6) is 0 Å². The van der Waals surface area contributed by atoms with Gasteiger partial charge in [-0.1, -0.05) is 29.8 Å². The van der Waals surface area contributed by atoms with Crippen LogP contribution >= 0.6 is 0 Å². The van der Waals surface area contributed by atoms with Gasteiger partial charge in [0, 0.05) is 25.2 Å². The highest BCUT2D eigenvalue weighted by atomic mass is 19.4. The zero-order chi connectivity index (χ0) is 20.1. The number of hydrogen-bond donors (Lipinski definition) is 1. The Hall–Kier alpha value is -2.38. The van der Waals surface area contributed by atoms with Gasteiger partial charge >= 0.3 is 6.18 Å². The predicted molar refractivity (Wildman–Crippen MR) is 100 cm³/mol. The van der Waals surface area contributed by atoms with Crippen LogP contribution in [0.4, 0.5) is 13.2 Å². The monoisotopic (exact) mass is 392 g/mol. The first-order valence-electron chi connectivity index (χ1n) is 9.18. The summed E-state index contributed by atoms with van der Waals surface area (Å²) in [6.07, 6.45) is -4.42. The molecule has 1 saturated heterocycles. The number of halogens is 3. The van der Waals surface area contributed by atoms with E-state index in [9.17, 15) is 18.0 Å². The fourth-order valence-corrected chi connectivity index (χ4v) is 3.13. The number of carbonyl (C=O) groups is 1. The molecule has 0 bridgehead atoms. The third-order valence-corrected chi connectivity index (χ3v) is 4.80. The molecule has 1 heterocycles. The van der Waals surface area contributed by atoms with E-state index in [1.54, 1.807) is 0 Å². The van der Waals surface area contributed by atoms with Crippen molar-refractivity contribution in [2.45, 2.75) is 19.1 Å². The minimum absolute atomic E-state index is 0.201. The van der Waals surface area contributed by atoms with E-state index in [4.69, 9.17) is 4.74 Å². The summed E-state index contributed by atoms with van der Waals surface area (Å²) in [4.78, 5) is 14.9. The summed E-state index contributed by atoms with van der Waals surface area (Å²) in [5, 5.41) is 2.97. The van der Waals surface area contributed by atoms with Gasteiger partial charge in [-0.15, -0.1) is 0 Å². The molecule has 2 aromatic carbocycles. The Morgan fingerprint density at radius 3 is 2.25 bits per heavy atom. The highest BCUT2D eigenvalue weighted by Gasteiger charge is 2.30. The van der Waals surface area contributed by atoms with Crippen LogP contribution in [0, 0.1) is 6.92 Å². The first-order valence-corrected chi connectivity index (χ1v) is 9.18. The third-order valence-electron chi connectivity index (χ3n) is 4.80. The van der Waals surface area contributed by atoms with Crippen molar-refractivity contribution < 1.29 is 22.7 Å². The number of ether oxygens (including phenoxy) is 1. The Balaban J connectivity index is 1.75. The maximum atomic E-state index is 12.7. The second-order valence-electron chi connectivity index (χ2n) is 6.92. The number of morpholine rings is 1. The molecule has 4 nitrogen and oxygen atoms in total. The van der Waals surface area contributed by atoms with Crippen molar-refractivity contribution in [3.8, 4) is 0 Å². The Morgan fingerprint density at radius 1 is 1.07 bits per heavy atom. The second-order valence-corrected chi connectivity index (χ2v) is 6.92. The van der Waals surface area contributed by atoms with Gasteiger partial charge in [0.15, 0.2) is 0 Å². The van der Waals surface area contributed by atoms with E-state index in [-0.39, 0.29) is 11.6 Å². The van der Waals surface area contributed by atoms with E-state index in [2.05, 4.69) is 10.2 Å². The highest BCUT2D eigenvalue weighted by Crippen LogP contribution is 2.29. The summed E-state index contributed by atoms with van der Waals surface area (Å²) >= 11 is 0. The van der Waals surface area contributed by atoms with Gasteiger partial charge in [-0.05, 0) is 36.8 Å². The summed E-state index contributed by atoms with van der Waals surface area (Å²) in [6, 6.07) is 11.9. The number of carbonyl (C=O) groups excluding carboxylic acids is 1. The van der Waals surface area contributed by atoms with E-state index in [1.165, 1.54) is 12.1 Å². The summed E-state index contributed by atoms with van der Waals surface area (Å²) < 4.78 is 43.6. The molecular weight excluding hydrogens is 369 g/mol. The normalized spacial score (nSPS) is 16.6. The quantitative estimate of drug-likeness (QED) is 0.841. The van der Waals surface area contributed by atoms with E-state index in [0.29, 0.717) is 19.8 Å². The number of aryl methyl sites for hydroxylation is 1. The van der Waals surface area contributed by atoms with Crippen LogP contribution in [-0.2, 0) is 10.9 Å². The van der Waals surface area contributed by atoms with Crippen molar-refractivity contribution >= 4 is 5.91 Å². The van der Waals surface area contributed by atoms with Crippen molar-refractivity contribution in [2.24, 2.45) is 0 Å². The van der Waals surface area contributed by atoms with Crippen LogP contribution in [0.2, 0.25) is 0 Å². The molecule has 1 aliphatic heterocycles. The summed E-state index contributed by atoms with van der Waals surface area (Å²) in [5.74, 6) is -0.396. The van der Waals surface area contributed by atoms with Crippen LogP contribution in [0.3, 0.4) is 0 Å². The molecule has 1 atom stereocenters. The van der Waals surface area contributed by atoms with Crippen LogP contribution in [-0.4, -0.2) is 43.7 Å². The van der Waals surface area contributed by atoms with Crippen LogP contribution in [0.15, 0.2) is 48.5 Å². The summed E-state index contributed by atoms with van der Waals surface area (Å²) in [6.45, 7) is 5.44. The van der Waals surface area contributed by atoms with E-state index in [1.807, 2.05) is 31.2 Å². The zero-order valence-corrected chi connectivity index (χ0v) is 15.6. The molecule has 0 radical (unpaired) electrons. The van der Waals surface area contributed by atoms with Crippen molar-refractivity contribution in [2.75, 3.05) is 32.8 Å². The molecule has 1 aliphatic rings. The minimum Gasteiger partial charge on any atom is -0.379 e. The highest BCUT2D eigenvalue weighted by molar-refractivity contribution is 5.94. The van der Waals surface area contributed by atoms with Gasteiger partial charge in [0.05, 0.1) is 24.8 Å². The van der Waals surface area contributed by atoms with E-state index < -0.39 is 17.6 Å². The number of alkyl halides is 3. The second kappa shape index (κ2) is 8.75. The van der Waals surface area contributed by atoms with E-state index >= 15 is 0 Å². The molecule has 2 aromatic rings. The fraction of sp³-hybridized carbons (Fsp3) is 0.381. The minimum atomic E-state index is -4.42. The van der Waals surface area contributed by atoms with Gasteiger partial charge in [0.2, 0.25) is 0 Å². The molecule has 0 spiro atoms. The van der Waals surface area contributed by atoms with Crippen molar-refractivity contribution in [1.29, 1.82) is 0 Å². The van der Waals surface area contributed by atoms with Crippen LogP contribution in [0.1, 0.15) is 33.1 Å². The lowest BCUT2D eigenvalue weighted by atomic mass is 10.0. The molecule has 1 N–H and O–H groups in total. The van der Waals surface area contributed by atoms with Crippen LogP contribution in [0.25, 0.3) is 0 Å². The summed E-state index contributed by atoms with van der Waals surface area (Å²) in [7, 11) is 0. The van der Waals surface area contributed by atoms with Gasteiger partial charge in [0.25, 0.3) is 5.91 Å². The van der Waals surface area contributed by atoms with Crippen molar-refractivity contribution in [3.63, 3.8) is 0 Å². The standard InChI is InChI=1S/C21H23F3N2O2/c1-15-2-4-16(5-3-15)19(14-26-10-12-28-13-11-26)25-20(27)17-6-8-18(9-7-17)21(22,23)24/h2-9,19H,10-14H2,1H3,(H,25,27). The van der Waals surface area contributed by atoms with Gasteiger partial charge in [-0.25, -0.2) is 0 Å². The largest absolute Gasteiger partial charge is 0.416 e. The lowest BCUT2D eigenvalue weighted by molar-refractivity contribution is -0.137. The van der Waals surface area contributed by atoms with Crippen LogP contribution < -0.4 is 5.32 Å². The SMILES string of the molecule is Cc1ccc(C(CN2CCOCC2)NC(=O)c2ccc(C(F)(F)F)cc2)cc1. The van der Waals surface area contributed by atoms with E-state index in [0.717, 1.165) is 36.3 Å². The topological polar surface area (TPSA) is 41.6 Å². The number of hydrogen-bond acceptors (Lipinski definition) is 3. The van der Waals surface area contributed by atoms with Gasteiger partial charge in [0.1, 0.15) is 0 Å². The molecule has 1 fully saturated rings. The Morgan fingerprint density at radius 2 is 1.68 bits per heavy atom. The average molecular weight is 392 g/mol. The zero-order valence-electron chi connectivity index (χ0n) is 15.6.